The van der Waals surface area contributed by atoms with Crippen LogP contribution in [0.3, 0.4) is 0 Å². The lowest BCUT2D eigenvalue weighted by Gasteiger charge is -2.13. The highest BCUT2D eigenvalue weighted by atomic mass is 16.4. The summed E-state index contributed by atoms with van der Waals surface area (Å²) >= 11 is 0. The van der Waals surface area contributed by atoms with E-state index in [-0.39, 0.29) is 5.56 Å². The summed E-state index contributed by atoms with van der Waals surface area (Å²) in [7, 11) is 3.85. The molecule has 22 heavy (non-hydrogen) atoms. The molecule has 5 nitrogen and oxygen atoms in total. The van der Waals surface area contributed by atoms with Gasteiger partial charge in [-0.1, -0.05) is 11.6 Å². The van der Waals surface area contributed by atoms with Crippen molar-refractivity contribution in [1.82, 2.24) is 4.57 Å². The maximum atomic E-state index is 12.6. The predicted molar refractivity (Wildman–Crippen MR) is 87.1 cm³/mol. The fraction of sp³-hybridized carbons (Fsp3) is 0.176. The maximum Gasteiger partial charge on any atom is 0.426 e. The van der Waals surface area contributed by atoms with Crippen molar-refractivity contribution in [3.05, 3.63) is 68.9 Å². The quantitative estimate of drug-likeness (QED) is 0.728. The minimum absolute atomic E-state index is 0.307. The van der Waals surface area contributed by atoms with E-state index in [4.69, 9.17) is 4.42 Å². The molecule has 0 atom stereocenters. The minimum Gasteiger partial charge on any atom is -0.409 e. The molecule has 0 bridgehead atoms. The van der Waals surface area contributed by atoms with E-state index in [1.165, 1.54) is 0 Å². The zero-order valence-electron chi connectivity index (χ0n) is 12.7. The van der Waals surface area contributed by atoms with Gasteiger partial charge in [-0.3, -0.25) is 4.79 Å². The van der Waals surface area contributed by atoms with Crippen molar-refractivity contribution in [1.29, 1.82) is 0 Å². The summed E-state index contributed by atoms with van der Waals surface area (Å²) < 4.78 is 6.31. The Hall–Kier alpha value is -2.82. The molecule has 0 spiro atoms. The molecule has 0 fully saturated rings. The first-order valence-corrected chi connectivity index (χ1v) is 6.91. The van der Waals surface area contributed by atoms with Crippen LogP contribution in [0.15, 0.2) is 56.5 Å². The van der Waals surface area contributed by atoms with Gasteiger partial charge in [-0.15, -0.1) is 0 Å². The van der Waals surface area contributed by atoms with E-state index in [2.05, 4.69) is 0 Å². The summed E-state index contributed by atoms with van der Waals surface area (Å²) in [6.45, 7) is 1.89. The van der Waals surface area contributed by atoms with E-state index in [1.54, 1.807) is 30.3 Å². The van der Waals surface area contributed by atoms with E-state index < -0.39 is 5.76 Å². The van der Waals surface area contributed by atoms with Gasteiger partial charge in [0.1, 0.15) is 5.58 Å². The molecule has 2 aromatic carbocycles. The highest BCUT2D eigenvalue weighted by molar-refractivity contribution is 5.76. The highest BCUT2D eigenvalue weighted by Crippen LogP contribution is 2.15. The molecule has 3 rings (SSSR count). The Morgan fingerprint density at radius 1 is 1.00 bits per heavy atom. The average Bonchev–Trinajstić information content (AvgIpc) is 2.49. The second kappa shape index (κ2) is 5.18. The van der Waals surface area contributed by atoms with Gasteiger partial charge in [-0.25, -0.2) is 9.36 Å². The smallest absolute Gasteiger partial charge is 0.409 e. The van der Waals surface area contributed by atoms with Gasteiger partial charge in [-0.05, 0) is 43.3 Å². The van der Waals surface area contributed by atoms with Crippen molar-refractivity contribution in [3.8, 4) is 5.69 Å². The number of benzene rings is 2. The molecule has 5 heteroatoms. The van der Waals surface area contributed by atoms with Crippen LogP contribution in [-0.2, 0) is 0 Å². The Bertz CT molecular complexity index is 950. The van der Waals surface area contributed by atoms with Crippen LogP contribution in [0.25, 0.3) is 16.7 Å². The van der Waals surface area contributed by atoms with Crippen molar-refractivity contribution < 1.29 is 4.42 Å². The van der Waals surface area contributed by atoms with Gasteiger partial charge < -0.3 is 9.32 Å². The fourth-order valence-corrected chi connectivity index (χ4v) is 2.37. The van der Waals surface area contributed by atoms with Crippen LogP contribution in [0, 0.1) is 6.92 Å². The van der Waals surface area contributed by atoms with Gasteiger partial charge in [0.2, 0.25) is 0 Å². The van der Waals surface area contributed by atoms with E-state index in [0.29, 0.717) is 16.7 Å². The zero-order valence-corrected chi connectivity index (χ0v) is 12.7. The van der Waals surface area contributed by atoms with Crippen LogP contribution in [0.4, 0.5) is 5.69 Å². The molecule has 0 saturated heterocycles. The standard InChI is InChI=1S/C17H16N2O3/c1-11-4-9-15-14(10-11)16(20)19(17(21)22-15)13-7-5-12(6-8-13)18(2)3/h4-10H,1-3H3. The lowest BCUT2D eigenvalue weighted by atomic mass is 10.2. The molecule has 0 amide bonds. The van der Waals surface area contributed by atoms with Crippen LogP contribution in [0.5, 0.6) is 0 Å². The molecule has 1 aromatic heterocycles. The molecule has 3 aromatic rings. The van der Waals surface area contributed by atoms with Crippen molar-refractivity contribution >= 4 is 16.7 Å². The Labute approximate surface area is 127 Å². The molecule has 0 aliphatic rings. The first-order valence-electron chi connectivity index (χ1n) is 6.91. The van der Waals surface area contributed by atoms with Crippen molar-refractivity contribution in [3.63, 3.8) is 0 Å². The molecule has 112 valence electrons. The van der Waals surface area contributed by atoms with Crippen molar-refractivity contribution in [2.75, 3.05) is 19.0 Å². The number of hydrogen-bond donors (Lipinski definition) is 0. The SMILES string of the molecule is Cc1ccc2oc(=O)n(-c3ccc(N(C)C)cc3)c(=O)c2c1. The number of rotatable bonds is 2. The van der Waals surface area contributed by atoms with E-state index in [0.717, 1.165) is 15.8 Å². The number of nitrogens with zero attached hydrogens (tertiary/aromatic N) is 2. The lowest BCUT2D eigenvalue weighted by Crippen LogP contribution is -2.31. The molecular formula is C17H16N2O3. The van der Waals surface area contributed by atoms with Gasteiger partial charge in [0.15, 0.2) is 0 Å². The second-order valence-electron chi connectivity index (χ2n) is 5.42. The van der Waals surface area contributed by atoms with Crippen molar-refractivity contribution in [2.45, 2.75) is 6.92 Å². The van der Waals surface area contributed by atoms with Crippen LogP contribution in [0.1, 0.15) is 5.56 Å². The van der Waals surface area contributed by atoms with Gasteiger partial charge in [-0.2, -0.15) is 0 Å². The van der Waals surface area contributed by atoms with Crippen molar-refractivity contribution in [2.24, 2.45) is 0 Å². The zero-order chi connectivity index (χ0) is 15.9. The molecule has 0 aliphatic carbocycles. The highest BCUT2D eigenvalue weighted by Gasteiger charge is 2.11. The fourth-order valence-electron chi connectivity index (χ4n) is 2.37. The number of fused-ring (bicyclic) bond motifs is 1. The molecule has 0 aliphatic heterocycles. The number of aryl methyl sites for hydroxylation is 1. The lowest BCUT2D eigenvalue weighted by molar-refractivity contribution is 0.504. The van der Waals surface area contributed by atoms with Crippen LogP contribution in [-0.4, -0.2) is 18.7 Å². The Balaban J connectivity index is 2.26. The maximum absolute atomic E-state index is 12.6. The molecule has 0 saturated carbocycles. The summed E-state index contributed by atoms with van der Waals surface area (Å²) in [6, 6.07) is 12.3. The topological polar surface area (TPSA) is 55.5 Å². The monoisotopic (exact) mass is 296 g/mol. The molecule has 0 radical (unpaired) electrons. The first-order chi connectivity index (χ1) is 10.5. The summed E-state index contributed by atoms with van der Waals surface area (Å²) in [5, 5.41) is 0.399. The molecule has 0 unspecified atom stereocenters. The number of anilines is 1. The summed E-state index contributed by atoms with van der Waals surface area (Å²) in [4.78, 5) is 26.7. The largest absolute Gasteiger partial charge is 0.426 e. The predicted octanol–water partition coefficient (Wildman–Crippen LogP) is 2.32. The van der Waals surface area contributed by atoms with Gasteiger partial charge in [0, 0.05) is 19.8 Å². The molecule has 1 heterocycles. The van der Waals surface area contributed by atoms with Crippen LogP contribution in [0.2, 0.25) is 0 Å². The van der Waals surface area contributed by atoms with Gasteiger partial charge in [0.25, 0.3) is 5.56 Å². The van der Waals surface area contributed by atoms with Crippen LogP contribution < -0.4 is 16.2 Å². The average molecular weight is 296 g/mol. The molecular weight excluding hydrogens is 280 g/mol. The number of hydrogen-bond acceptors (Lipinski definition) is 4. The third-order valence-corrected chi connectivity index (χ3v) is 3.57. The Morgan fingerprint density at radius 2 is 1.68 bits per heavy atom. The third-order valence-electron chi connectivity index (χ3n) is 3.57. The molecule has 0 N–H and O–H groups in total. The van der Waals surface area contributed by atoms with Crippen LogP contribution >= 0.6 is 0 Å². The Morgan fingerprint density at radius 3 is 2.32 bits per heavy atom. The summed E-state index contributed by atoms with van der Waals surface area (Å²) in [5.41, 5.74) is 2.35. The minimum atomic E-state index is -0.682. The van der Waals surface area contributed by atoms with E-state index in [1.807, 2.05) is 38.1 Å². The van der Waals surface area contributed by atoms with E-state index >= 15 is 0 Å². The van der Waals surface area contributed by atoms with Gasteiger partial charge in [0.05, 0.1) is 11.1 Å². The van der Waals surface area contributed by atoms with Gasteiger partial charge >= 0.3 is 5.76 Å². The number of aromatic nitrogens is 1. The summed E-state index contributed by atoms with van der Waals surface area (Å²) in [5.74, 6) is -0.682. The third kappa shape index (κ3) is 2.30. The second-order valence-corrected chi connectivity index (χ2v) is 5.42. The summed E-state index contributed by atoms with van der Waals surface area (Å²) in [6.07, 6.45) is 0. The first kappa shape index (κ1) is 14.1. The Kier molecular flexibility index (Phi) is 3.33. The normalized spacial score (nSPS) is 10.9. The van der Waals surface area contributed by atoms with E-state index in [9.17, 15) is 9.59 Å².